The molecule has 2 aliphatic rings. The van der Waals surface area contributed by atoms with Crippen molar-refractivity contribution in [2.24, 2.45) is 5.92 Å². The first-order chi connectivity index (χ1) is 8.75. The molecule has 0 aromatic heterocycles. The molecule has 0 aliphatic carbocycles. The van der Waals surface area contributed by atoms with Gasteiger partial charge in [0.2, 0.25) is 0 Å². The third kappa shape index (κ3) is 2.14. The Morgan fingerprint density at radius 3 is 2.83 bits per heavy atom. The van der Waals surface area contributed by atoms with Gasteiger partial charge in [0.15, 0.2) is 0 Å². The van der Waals surface area contributed by atoms with Gasteiger partial charge in [-0.1, -0.05) is 25.1 Å². The van der Waals surface area contributed by atoms with Crippen molar-refractivity contribution in [1.29, 1.82) is 0 Å². The third-order valence-electron chi connectivity index (χ3n) is 4.75. The molecule has 2 heteroatoms. The number of fused-ring (bicyclic) bond motifs is 1. The van der Waals surface area contributed by atoms with Gasteiger partial charge >= 0.3 is 0 Å². The van der Waals surface area contributed by atoms with Crippen LogP contribution in [-0.2, 0) is 6.42 Å². The van der Waals surface area contributed by atoms with E-state index in [-0.39, 0.29) is 0 Å². The second kappa shape index (κ2) is 4.93. The van der Waals surface area contributed by atoms with Crippen LogP contribution in [0.3, 0.4) is 0 Å². The predicted molar refractivity (Wildman–Crippen MR) is 77.1 cm³/mol. The van der Waals surface area contributed by atoms with Crippen molar-refractivity contribution in [3.63, 3.8) is 0 Å². The van der Waals surface area contributed by atoms with Crippen LogP contribution in [0.2, 0.25) is 0 Å². The van der Waals surface area contributed by atoms with Crippen LogP contribution >= 0.6 is 0 Å². The Bertz CT molecular complexity index is 415. The van der Waals surface area contributed by atoms with Crippen molar-refractivity contribution in [3.05, 3.63) is 29.8 Å². The highest BCUT2D eigenvalue weighted by Crippen LogP contribution is 2.31. The largest absolute Gasteiger partial charge is 0.367 e. The molecular weight excluding hydrogens is 220 g/mol. The van der Waals surface area contributed by atoms with Gasteiger partial charge in [0, 0.05) is 24.3 Å². The minimum atomic E-state index is 0.665. The van der Waals surface area contributed by atoms with E-state index in [0.717, 1.165) is 5.92 Å². The van der Waals surface area contributed by atoms with E-state index in [1.165, 1.54) is 43.6 Å². The molecule has 2 nitrogen and oxygen atoms in total. The van der Waals surface area contributed by atoms with Crippen LogP contribution in [-0.4, -0.2) is 25.2 Å². The van der Waals surface area contributed by atoms with Gasteiger partial charge < -0.3 is 10.2 Å². The minimum Gasteiger partial charge on any atom is -0.367 e. The predicted octanol–water partition coefficient (Wildman–Crippen LogP) is 2.83. The van der Waals surface area contributed by atoms with Crippen LogP contribution in [0.25, 0.3) is 0 Å². The van der Waals surface area contributed by atoms with Crippen LogP contribution < -0.4 is 10.2 Å². The van der Waals surface area contributed by atoms with Gasteiger partial charge in [-0.3, -0.25) is 0 Å². The Morgan fingerprint density at radius 2 is 2.06 bits per heavy atom. The Labute approximate surface area is 110 Å². The normalized spacial score (nSPS) is 31.4. The molecule has 1 aromatic carbocycles. The summed E-state index contributed by atoms with van der Waals surface area (Å²) in [5, 5.41) is 3.66. The Kier molecular flexibility index (Phi) is 3.29. The zero-order chi connectivity index (χ0) is 12.5. The average Bonchev–Trinajstić information content (AvgIpc) is 2.79. The average molecular weight is 244 g/mol. The van der Waals surface area contributed by atoms with E-state index >= 15 is 0 Å². The Morgan fingerprint density at radius 1 is 1.22 bits per heavy atom. The van der Waals surface area contributed by atoms with E-state index in [1.807, 2.05) is 0 Å². The number of anilines is 1. The van der Waals surface area contributed by atoms with Crippen LogP contribution in [0.15, 0.2) is 24.3 Å². The smallest absolute Gasteiger partial charge is 0.0401 e. The number of nitrogens with zero attached hydrogens (tertiary/aromatic N) is 1. The molecule has 1 aromatic rings. The van der Waals surface area contributed by atoms with Gasteiger partial charge in [0.05, 0.1) is 0 Å². The van der Waals surface area contributed by atoms with Gasteiger partial charge in [0.25, 0.3) is 0 Å². The zero-order valence-corrected chi connectivity index (χ0v) is 11.5. The molecule has 1 saturated heterocycles. The van der Waals surface area contributed by atoms with Crippen molar-refractivity contribution in [2.45, 2.75) is 45.2 Å². The Balaban J connectivity index is 1.82. The van der Waals surface area contributed by atoms with Gasteiger partial charge in [0.1, 0.15) is 0 Å². The fraction of sp³-hybridized carbons (Fsp3) is 0.625. The first kappa shape index (κ1) is 12.0. The SMILES string of the molecule is CC1CCNC1CN1c2ccccc2CCC1C. The number of aryl methyl sites for hydroxylation is 1. The first-order valence-electron chi connectivity index (χ1n) is 7.33. The van der Waals surface area contributed by atoms with E-state index in [4.69, 9.17) is 0 Å². The highest BCUT2D eigenvalue weighted by molar-refractivity contribution is 5.56. The molecule has 0 saturated carbocycles. The highest BCUT2D eigenvalue weighted by Gasteiger charge is 2.29. The summed E-state index contributed by atoms with van der Waals surface area (Å²) in [5.41, 5.74) is 3.00. The second-order valence-electron chi connectivity index (χ2n) is 6.00. The quantitative estimate of drug-likeness (QED) is 0.860. The van der Waals surface area contributed by atoms with Crippen LogP contribution in [0.5, 0.6) is 0 Å². The van der Waals surface area contributed by atoms with Crippen LogP contribution in [0.4, 0.5) is 5.69 Å². The summed E-state index contributed by atoms with van der Waals surface area (Å²) in [4.78, 5) is 2.62. The molecule has 1 fully saturated rings. The fourth-order valence-electron chi connectivity index (χ4n) is 3.39. The molecule has 2 heterocycles. The summed E-state index contributed by atoms with van der Waals surface area (Å²) in [6.07, 6.45) is 3.86. The number of para-hydroxylation sites is 1. The molecule has 3 unspecified atom stereocenters. The molecule has 0 amide bonds. The maximum absolute atomic E-state index is 3.66. The topological polar surface area (TPSA) is 15.3 Å². The van der Waals surface area contributed by atoms with Crippen molar-refractivity contribution < 1.29 is 0 Å². The molecule has 98 valence electrons. The summed E-state index contributed by atoms with van der Waals surface area (Å²) in [5.74, 6) is 0.811. The maximum Gasteiger partial charge on any atom is 0.0401 e. The van der Waals surface area contributed by atoms with Gasteiger partial charge in [-0.05, 0) is 50.3 Å². The number of rotatable bonds is 2. The summed E-state index contributed by atoms with van der Waals surface area (Å²) < 4.78 is 0. The Hall–Kier alpha value is -1.02. The van der Waals surface area contributed by atoms with Gasteiger partial charge in [-0.2, -0.15) is 0 Å². The lowest BCUT2D eigenvalue weighted by Crippen LogP contribution is -2.46. The summed E-state index contributed by atoms with van der Waals surface area (Å²) in [7, 11) is 0. The van der Waals surface area contributed by atoms with Crippen molar-refractivity contribution in [1.82, 2.24) is 5.32 Å². The van der Waals surface area contributed by atoms with E-state index < -0.39 is 0 Å². The van der Waals surface area contributed by atoms with Crippen molar-refractivity contribution in [3.8, 4) is 0 Å². The fourth-order valence-corrected chi connectivity index (χ4v) is 3.39. The lowest BCUT2D eigenvalue weighted by atomic mass is 9.94. The first-order valence-corrected chi connectivity index (χ1v) is 7.33. The van der Waals surface area contributed by atoms with E-state index in [1.54, 1.807) is 0 Å². The standard InChI is InChI=1S/C16H24N2/c1-12-9-10-17-15(12)11-18-13(2)7-8-14-5-3-4-6-16(14)18/h3-6,12-13,15,17H,7-11H2,1-2H3. The zero-order valence-electron chi connectivity index (χ0n) is 11.5. The van der Waals surface area contributed by atoms with E-state index in [9.17, 15) is 0 Å². The maximum atomic E-state index is 3.66. The number of benzene rings is 1. The molecule has 0 spiro atoms. The molecular formula is C16H24N2. The third-order valence-corrected chi connectivity index (χ3v) is 4.75. The monoisotopic (exact) mass is 244 g/mol. The molecule has 18 heavy (non-hydrogen) atoms. The summed E-state index contributed by atoms with van der Waals surface area (Å²) >= 11 is 0. The number of nitrogens with one attached hydrogen (secondary N) is 1. The molecule has 3 rings (SSSR count). The van der Waals surface area contributed by atoms with Crippen LogP contribution in [0, 0.1) is 5.92 Å². The molecule has 2 aliphatic heterocycles. The van der Waals surface area contributed by atoms with Gasteiger partial charge in [-0.25, -0.2) is 0 Å². The molecule has 1 N–H and O–H groups in total. The lowest BCUT2D eigenvalue weighted by molar-refractivity contribution is 0.444. The van der Waals surface area contributed by atoms with E-state index in [2.05, 4.69) is 48.3 Å². The second-order valence-corrected chi connectivity index (χ2v) is 6.00. The number of hydrogen-bond acceptors (Lipinski definition) is 2. The van der Waals surface area contributed by atoms with E-state index in [0.29, 0.717) is 12.1 Å². The summed E-state index contributed by atoms with van der Waals surface area (Å²) in [6, 6.07) is 10.3. The molecule has 3 atom stereocenters. The molecule has 0 radical (unpaired) electrons. The van der Waals surface area contributed by atoms with Crippen molar-refractivity contribution in [2.75, 3.05) is 18.0 Å². The number of hydrogen-bond donors (Lipinski definition) is 1. The summed E-state index contributed by atoms with van der Waals surface area (Å²) in [6.45, 7) is 7.11. The van der Waals surface area contributed by atoms with Crippen molar-refractivity contribution >= 4 is 5.69 Å². The molecule has 0 bridgehead atoms. The van der Waals surface area contributed by atoms with Gasteiger partial charge in [-0.15, -0.1) is 0 Å². The lowest BCUT2D eigenvalue weighted by Gasteiger charge is -2.39. The highest BCUT2D eigenvalue weighted by atomic mass is 15.2. The minimum absolute atomic E-state index is 0.665. The van der Waals surface area contributed by atoms with Crippen LogP contribution in [0.1, 0.15) is 32.3 Å².